The van der Waals surface area contributed by atoms with Crippen molar-refractivity contribution in [3.63, 3.8) is 0 Å². The number of nitrogens with zero attached hydrogens (tertiary/aromatic N) is 6. The van der Waals surface area contributed by atoms with Gasteiger partial charge >= 0.3 is 5.69 Å². The fourth-order valence-electron chi connectivity index (χ4n) is 4.12. The Morgan fingerprint density at radius 2 is 1.71 bits per heavy atom. The van der Waals surface area contributed by atoms with Gasteiger partial charge < -0.3 is 14.2 Å². The Kier molecular flexibility index (Phi) is 6.16. The number of furan rings is 1. The minimum Gasteiger partial charge on any atom is -0.461 e. The van der Waals surface area contributed by atoms with E-state index in [2.05, 4.69) is 27.0 Å². The number of piperazine rings is 1. The Balaban J connectivity index is 1.39. The van der Waals surface area contributed by atoms with Gasteiger partial charge in [0.15, 0.2) is 17.2 Å². The van der Waals surface area contributed by atoms with E-state index >= 15 is 0 Å². The lowest BCUT2D eigenvalue weighted by Gasteiger charge is -2.36. The summed E-state index contributed by atoms with van der Waals surface area (Å²) < 4.78 is 7.76. The summed E-state index contributed by atoms with van der Waals surface area (Å²) in [5, 5.41) is 0.547. The van der Waals surface area contributed by atoms with Crippen LogP contribution in [0.3, 0.4) is 0 Å². The van der Waals surface area contributed by atoms with Crippen LogP contribution in [0.15, 0.2) is 67.8 Å². The first-order valence-corrected chi connectivity index (χ1v) is 12.1. The first-order chi connectivity index (χ1) is 16.9. The van der Waals surface area contributed by atoms with Gasteiger partial charge in [-0.2, -0.15) is 0 Å². The minimum absolute atomic E-state index is 0.0318. The molecular formula is C24H24N6O4S. The van der Waals surface area contributed by atoms with Crippen LogP contribution < -0.4 is 16.1 Å². The van der Waals surface area contributed by atoms with E-state index in [1.54, 1.807) is 19.2 Å². The van der Waals surface area contributed by atoms with Gasteiger partial charge in [-0.15, -0.1) is 0 Å². The molecule has 35 heavy (non-hydrogen) atoms. The molecule has 1 saturated heterocycles. The molecule has 1 amide bonds. The fourth-order valence-corrected chi connectivity index (χ4v) is 5.04. The van der Waals surface area contributed by atoms with E-state index in [1.165, 1.54) is 29.6 Å². The van der Waals surface area contributed by atoms with Crippen molar-refractivity contribution in [1.82, 2.24) is 24.0 Å². The monoisotopic (exact) mass is 492 g/mol. The molecule has 1 aromatic carbocycles. The number of benzene rings is 1. The predicted molar refractivity (Wildman–Crippen MR) is 134 cm³/mol. The predicted octanol–water partition coefficient (Wildman–Crippen LogP) is 1.73. The van der Waals surface area contributed by atoms with E-state index in [-0.39, 0.29) is 28.5 Å². The number of hydrogen-bond donors (Lipinski definition) is 0. The quantitative estimate of drug-likeness (QED) is 0.306. The number of thioether (sulfide) groups is 1. The van der Waals surface area contributed by atoms with Crippen LogP contribution in [-0.2, 0) is 18.9 Å². The molecule has 0 spiro atoms. The first kappa shape index (κ1) is 22.9. The molecule has 3 aromatic heterocycles. The smallest absolute Gasteiger partial charge is 0.332 e. The molecule has 1 fully saturated rings. The molecule has 0 atom stereocenters. The van der Waals surface area contributed by atoms with E-state index in [0.717, 1.165) is 23.3 Å². The molecule has 0 radical (unpaired) electrons. The molecule has 0 saturated carbocycles. The highest BCUT2D eigenvalue weighted by Crippen LogP contribution is 2.27. The highest BCUT2D eigenvalue weighted by atomic mass is 32.2. The zero-order valence-electron chi connectivity index (χ0n) is 19.4. The van der Waals surface area contributed by atoms with Gasteiger partial charge in [0.1, 0.15) is 10.4 Å². The molecule has 0 aliphatic carbocycles. The number of anilines is 1. The highest BCUT2D eigenvalue weighted by molar-refractivity contribution is 8.00. The molecule has 11 heteroatoms. The third-order valence-electron chi connectivity index (χ3n) is 6.09. The van der Waals surface area contributed by atoms with E-state index in [0.29, 0.717) is 23.9 Å². The Bertz CT molecular complexity index is 1490. The Hall–Kier alpha value is -3.86. The van der Waals surface area contributed by atoms with Crippen LogP contribution in [0.1, 0.15) is 0 Å². The summed E-state index contributed by atoms with van der Waals surface area (Å²) in [5.41, 5.74) is 0.356. The number of carbonyl (C=O) groups is 1. The van der Waals surface area contributed by atoms with E-state index in [4.69, 9.17) is 4.42 Å². The Labute approximate surface area is 204 Å². The van der Waals surface area contributed by atoms with Crippen LogP contribution in [0.2, 0.25) is 0 Å². The van der Waals surface area contributed by atoms with Crippen molar-refractivity contribution in [2.24, 2.45) is 14.1 Å². The lowest BCUT2D eigenvalue weighted by Crippen LogP contribution is -2.49. The Morgan fingerprint density at radius 1 is 0.971 bits per heavy atom. The van der Waals surface area contributed by atoms with E-state index in [9.17, 15) is 14.4 Å². The number of amides is 1. The number of aromatic nitrogens is 4. The second kappa shape index (κ2) is 9.41. The van der Waals surface area contributed by atoms with Crippen LogP contribution in [0, 0.1) is 0 Å². The molecule has 0 bridgehead atoms. The third kappa shape index (κ3) is 4.34. The molecule has 4 aromatic rings. The number of hydrogen-bond acceptors (Lipinski definition) is 8. The maximum Gasteiger partial charge on any atom is 0.332 e. The maximum atomic E-state index is 13.0. The lowest BCUT2D eigenvalue weighted by atomic mass is 10.2. The van der Waals surface area contributed by atoms with Crippen molar-refractivity contribution in [3.05, 3.63) is 69.6 Å². The standard InChI is InChI=1S/C24H24N6O4S/c1-27-21-19(23(32)28(2)24(27)33)22(26-20(25-21)17-9-6-14-34-17)35-15-18(31)30-12-10-29(11-13-30)16-7-4-3-5-8-16/h3-9,14H,10-13,15H2,1-2H3. The fraction of sp³-hybridized carbons (Fsp3) is 0.292. The molecule has 1 aliphatic rings. The number of aryl methyl sites for hydroxylation is 1. The summed E-state index contributed by atoms with van der Waals surface area (Å²) in [6.07, 6.45) is 1.50. The normalized spacial score (nSPS) is 14.0. The molecule has 1 aliphatic heterocycles. The van der Waals surface area contributed by atoms with Gasteiger partial charge in [0, 0.05) is 46.0 Å². The van der Waals surface area contributed by atoms with Crippen molar-refractivity contribution < 1.29 is 9.21 Å². The highest BCUT2D eigenvalue weighted by Gasteiger charge is 2.24. The second-order valence-corrected chi connectivity index (χ2v) is 9.19. The average Bonchev–Trinajstić information content (AvgIpc) is 3.44. The van der Waals surface area contributed by atoms with E-state index in [1.807, 2.05) is 23.1 Å². The maximum absolute atomic E-state index is 13.0. The van der Waals surface area contributed by atoms with Gasteiger partial charge in [-0.3, -0.25) is 18.7 Å². The van der Waals surface area contributed by atoms with Crippen molar-refractivity contribution in [2.75, 3.05) is 36.8 Å². The summed E-state index contributed by atoms with van der Waals surface area (Å²) in [4.78, 5) is 51.5. The Morgan fingerprint density at radius 3 is 2.40 bits per heavy atom. The third-order valence-corrected chi connectivity index (χ3v) is 7.05. The van der Waals surface area contributed by atoms with Gasteiger partial charge in [0.25, 0.3) is 5.56 Å². The van der Waals surface area contributed by atoms with Gasteiger partial charge in [-0.25, -0.2) is 14.8 Å². The van der Waals surface area contributed by atoms with Gasteiger partial charge in [0.2, 0.25) is 5.91 Å². The molecular weight excluding hydrogens is 468 g/mol. The summed E-state index contributed by atoms with van der Waals surface area (Å²) >= 11 is 1.17. The average molecular weight is 493 g/mol. The van der Waals surface area contributed by atoms with Crippen LogP contribution >= 0.6 is 11.8 Å². The topological polar surface area (TPSA) is 106 Å². The van der Waals surface area contributed by atoms with Crippen LogP contribution in [0.4, 0.5) is 5.69 Å². The zero-order valence-corrected chi connectivity index (χ0v) is 20.2. The van der Waals surface area contributed by atoms with Crippen molar-refractivity contribution in [3.8, 4) is 11.6 Å². The number of rotatable bonds is 5. The zero-order chi connectivity index (χ0) is 24.5. The summed E-state index contributed by atoms with van der Waals surface area (Å²) in [7, 11) is 2.96. The number of carbonyl (C=O) groups excluding carboxylic acids is 1. The number of para-hydroxylation sites is 1. The minimum atomic E-state index is -0.500. The van der Waals surface area contributed by atoms with Crippen molar-refractivity contribution in [2.45, 2.75) is 5.03 Å². The molecule has 5 rings (SSSR count). The van der Waals surface area contributed by atoms with Crippen molar-refractivity contribution >= 4 is 34.4 Å². The van der Waals surface area contributed by atoms with Crippen LogP contribution in [-0.4, -0.2) is 61.8 Å². The molecule has 0 N–H and O–H groups in total. The van der Waals surface area contributed by atoms with Gasteiger partial charge in [0.05, 0.1) is 12.0 Å². The van der Waals surface area contributed by atoms with Crippen LogP contribution in [0.25, 0.3) is 22.6 Å². The molecule has 10 nitrogen and oxygen atoms in total. The second-order valence-electron chi connectivity index (χ2n) is 8.23. The van der Waals surface area contributed by atoms with Gasteiger partial charge in [-0.1, -0.05) is 30.0 Å². The first-order valence-electron chi connectivity index (χ1n) is 11.2. The summed E-state index contributed by atoms with van der Waals surface area (Å²) in [5.74, 6) is 0.735. The van der Waals surface area contributed by atoms with E-state index < -0.39 is 11.2 Å². The summed E-state index contributed by atoms with van der Waals surface area (Å²) in [6.45, 7) is 2.74. The van der Waals surface area contributed by atoms with Gasteiger partial charge in [-0.05, 0) is 24.3 Å². The summed E-state index contributed by atoms with van der Waals surface area (Å²) in [6, 6.07) is 13.5. The molecule has 180 valence electrons. The molecule has 4 heterocycles. The largest absolute Gasteiger partial charge is 0.461 e. The molecule has 0 unspecified atom stereocenters. The lowest BCUT2D eigenvalue weighted by molar-refractivity contribution is -0.128. The van der Waals surface area contributed by atoms with Crippen LogP contribution in [0.5, 0.6) is 0 Å². The van der Waals surface area contributed by atoms with Crippen molar-refractivity contribution in [1.29, 1.82) is 0 Å². The number of fused-ring (bicyclic) bond motifs is 1. The SMILES string of the molecule is Cn1c(=O)c2c(SCC(=O)N3CCN(c4ccccc4)CC3)nc(-c3ccco3)nc2n(C)c1=O.